The molecule has 88 valence electrons. The van der Waals surface area contributed by atoms with Gasteiger partial charge >= 0.3 is 0 Å². The molecule has 17 heavy (non-hydrogen) atoms. The standard InChI is InChI=1S/C10H11FN6/c11-6-2-1-3-7(4-6)14-8-5-9(17-13)16-10(12)15-8/h1-5H,13H2,(H4,12,14,15,16,17). The van der Waals surface area contributed by atoms with Crippen LogP contribution in [-0.2, 0) is 0 Å². The number of aromatic nitrogens is 2. The van der Waals surface area contributed by atoms with Crippen LogP contribution in [0.2, 0.25) is 0 Å². The minimum atomic E-state index is -0.339. The quantitative estimate of drug-likeness (QED) is 0.470. The monoisotopic (exact) mass is 234 g/mol. The Kier molecular flexibility index (Phi) is 3.01. The summed E-state index contributed by atoms with van der Waals surface area (Å²) in [6.45, 7) is 0. The van der Waals surface area contributed by atoms with Crippen LogP contribution >= 0.6 is 0 Å². The van der Waals surface area contributed by atoms with Crippen molar-refractivity contribution in [2.45, 2.75) is 0 Å². The smallest absolute Gasteiger partial charge is 0.223 e. The first-order valence-corrected chi connectivity index (χ1v) is 4.81. The third-order valence-corrected chi connectivity index (χ3v) is 1.99. The number of hydrazine groups is 1. The molecule has 1 aromatic carbocycles. The average molecular weight is 234 g/mol. The van der Waals surface area contributed by atoms with Crippen LogP contribution in [0.25, 0.3) is 0 Å². The van der Waals surface area contributed by atoms with Gasteiger partial charge in [0.25, 0.3) is 0 Å². The fourth-order valence-electron chi connectivity index (χ4n) is 1.32. The number of rotatable bonds is 3. The predicted octanol–water partition coefficient (Wildman–Crippen LogP) is 1.23. The largest absolute Gasteiger partial charge is 0.368 e. The molecule has 7 heteroatoms. The Labute approximate surface area is 96.8 Å². The summed E-state index contributed by atoms with van der Waals surface area (Å²) in [6.07, 6.45) is 0. The van der Waals surface area contributed by atoms with E-state index < -0.39 is 0 Å². The van der Waals surface area contributed by atoms with Gasteiger partial charge in [0, 0.05) is 11.8 Å². The minimum Gasteiger partial charge on any atom is -0.368 e. The van der Waals surface area contributed by atoms with E-state index in [4.69, 9.17) is 11.6 Å². The van der Waals surface area contributed by atoms with E-state index in [9.17, 15) is 4.39 Å². The predicted molar refractivity (Wildman–Crippen MR) is 63.9 cm³/mol. The van der Waals surface area contributed by atoms with Gasteiger partial charge in [0.15, 0.2) is 0 Å². The second-order valence-electron chi connectivity index (χ2n) is 3.28. The maximum Gasteiger partial charge on any atom is 0.223 e. The van der Waals surface area contributed by atoms with Crippen LogP contribution in [0.4, 0.5) is 27.7 Å². The Morgan fingerprint density at radius 3 is 2.59 bits per heavy atom. The first-order chi connectivity index (χ1) is 8.17. The van der Waals surface area contributed by atoms with Crippen LogP contribution < -0.4 is 22.3 Å². The zero-order valence-corrected chi connectivity index (χ0v) is 8.81. The van der Waals surface area contributed by atoms with E-state index in [0.29, 0.717) is 17.3 Å². The van der Waals surface area contributed by atoms with Crippen molar-refractivity contribution in [2.75, 3.05) is 16.5 Å². The second kappa shape index (κ2) is 4.62. The number of nitrogen functional groups attached to an aromatic ring is 2. The molecule has 0 amide bonds. The third-order valence-electron chi connectivity index (χ3n) is 1.99. The van der Waals surface area contributed by atoms with Crippen molar-refractivity contribution >= 4 is 23.3 Å². The normalized spacial score (nSPS) is 10.0. The molecule has 6 N–H and O–H groups in total. The van der Waals surface area contributed by atoms with E-state index in [1.807, 2.05) is 0 Å². The maximum absolute atomic E-state index is 13.0. The number of hydrogen-bond acceptors (Lipinski definition) is 6. The molecular formula is C10H11FN6. The number of benzene rings is 1. The lowest BCUT2D eigenvalue weighted by Gasteiger charge is -2.07. The lowest BCUT2D eigenvalue weighted by molar-refractivity contribution is 0.628. The van der Waals surface area contributed by atoms with Gasteiger partial charge < -0.3 is 16.5 Å². The Morgan fingerprint density at radius 1 is 1.12 bits per heavy atom. The number of hydrogen-bond donors (Lipinski definition) is 4. The molecule has 2 rings (SSSR count). The van der Waals surface area contributed by atoms with Crippen LogP contribution in [0.1, 0.15) is 0 Å². The molecule has 0 aliphatic heterocycles. The molecule has 0 saturated carbocycles. The van der Waals surface area contributed by atoms with Gasteiger partial charge in [-0.2, -0.15) is 9.97 Å². The number of nitrogens with zero attached hydrogens (tertiary/aromatic N) is 2. The summed E-state index contributed by atoms with van der Waals surface area (Å²) in [5.74, 6) is 5.75. The highest BCUT2D eigenvalue weighted by molar-refractivity contribution is 5.60. The van der Waals surface area contributed by atoms with Crippen LogP contribution in [0.3, 0.4) is 0 Å². The highest BCUT2D eigenvalue weighted by atomic mass is 19.1. The molecule has 0 atom stereocenters. The van der Waals surface area contributed by atoms with Gasteiger partial charge in [-0.05, 0) is 18.2 Å². The van der Waals surface area contributed by atoms with Gasteiger partial charge in [-0.3, -0.25) is 0 Å². The molecule has 0 aliphatic rings. The van der Waals surface area contributed by atoms with E-state index >= 15 is 0 Å². The molecule has 0 radical (unpaired) electrons. The fourth-order valence-corrected chi connectivity index (χ4v) is 1.32. The van der Waals surface area contributed by atoms with E-state index in [2.05, 4.69) is 20.7 Å². The summed E-state index contributed by atoms with van der Waals surface area (Å²) in [6, 6.07) is 7.54. The summed E-state index contributed by atoms with van der Waals surface area (Å²) in [5, 5.41) is 2.89. The lowest BCUT2D eigenvalue weighted by Crippen LogP contribution is -2.11. The van der Waals surface area contributed by atoms with Crippen molar-refractivity contribution in [3.8, 4) is 0 Å². The number of nitrogens with one attached hydrogen (secondary N) is 2. The Hall–Kier alpha value is -2.41. The zero-order valence-electron chi connectivity index (χ0n) is 8.81. The number of halogens is 1. The zero-order chi connectivity index (χ0) is 12.3. The van der Waals surface area contributed by atoms with Crippen LogP contribution in [0.15, 0.2) is 30.3 Å². The van der Waals surface area contributed by atoms with Crippen molar-refractivity contribution < 1.29 is 4.39 Å². The number of anilines is 4. The van der Waals surface area contributed by atoms with Gasteiger partial charge in [0.2, 0.25) is 5.95 Å². The van der Waals surface area contributed by atoms with Crippen LogP contribution in [0.5, 0.6) is 0 Å². The van der Waals surface area contributed by atoms with Crippen molar-refractivity contribution in [3.63, 3.8) is 0 Å². The molecule has 6 nitrogen and oxygen atoms in total. The fraction of sp³-hybridized carbons (Fsp3) is 0. The van der Waals surface area contributed by atoms with E-state index in [-0.39, 0.29) is 11.8 Å². The average Bonchev–Trinajstić information content (AvgIpc) is 2.28. The van der Waals surface area contributed by atoms with Crippen molar-refractivity contribution in [3.05, 3.63) is 36.1 Å². The molecule has 1 aromatic heterocycles. The minimum absolute atomic E-state index is 0.0688. The third kappa shape index (κ3) is 2.79. The molecular weight excluding hydrogens is 223 g/mol. The van der Waals surface area contributed by atoms with Crippen molar-refractivity contribution in [2.24, 2.45) is 5.84 Å². The molecule has 0 saturated heterocycles. The van der Waals surface area contributed by atoms with E-state index in [1.54, 1.807) is 18.2 Å². The number of nitrogens with two attached hydrogens (primary N) is 2. The topological polar surface area (TPSA) is 102 Å². The SMILES string of the molecule is NNc1cc(Nc2cccc(F)c2)nc(N)n1. The van der Waals surface area contributed by atoms with Crippen LogP contribution in [0, 0.1) is 5.82 Å². The Morgan fingerprint density at radius 2 is 1.88 bits per heavy atom. The Bertz CT molecular complexity index is 530. The maximum atomic E-state index is 13.0. The highest BCUT2D eigenvalue weighted by Gasteiger charge is 2.02. The summed E-state index contributed by atoms with van der Waals surface area (Å²) in [4.78, 5) is 7.77. The molecule has 0 fully saturated rings. The van der Waals surface area contributed by atoms with Gasteiger partial charge in [-0.15, -0.1) is 0 Å². The van der Waals surface area contributed by atoms with Gasteiger partial charge in [0.05, 0.1) is 0 Å². The van der Waals surface area contributed by atoms with Crippen LogP contribution in [-0.4, -0.2) is 9.97 Å². The van der Waals surface area contributed by atoms with E-state index in [0.717, 1.165) is 0 Å². The van der Waals surface area contributed by atoms with Crippen molar-refractivity contribution in [1.29, 1.82) is 0 Å². The highest BCUT2D eigenvalue weighted by Crippen LogP contribution is 2.18. The second-order valence-corrected chi connectivity index (χ2v) is 3.28. The van der Waals surface area contributed by atoms with Gasteiger partial charge in [-0.1, -0.05) is 6.07 Å². The Balaban J connectivity index is 2.26. The molecule has 0 bridgehead atoms. The molecule has 2 aromatic rings. The molecule has 1 heterocycles. The van der Waals surface area contributed by atoms with Gasteiger partial charge in [-0.25, -0.2) is 10.2 Å². The summed E-state index contributed by atoms with van der Waals surface area (Å²) < 4.78 is 13.0. The van der Waals surface area contributed by atoms with Gasteiger partial charge in [0.1, 0.15) is 17.5 Å². The molecule has 0 aliphatic carbocycles. The molecule has 0 spiro atoms. The first kappa shape index (κ1) is 11.1. The first-order valence-electron chi connectivity index (χ1n) is 4.81. The van der Waals surface area contributed by atoms with E-state index in [1.165, 1.54) is 12.1 Å². The lowest BCUT2D eigenvalue weighted by atomic mass is 10.3. The summed E-state index contributed by atoms with van der Waals surface area (Å²) in [7, 11) is 0. The van der Waals surface area contributed by atoms with Crippen molar-refractivity contribution in [1.82, 2.24) is 9.97 Å². The summed E-state index contributed by atoms with van der Waals surface area (Å²) in [5.41, 5.74) is 8.41. The molecule has 0 unspecified atom stereocenters. The summed E-state index contributed by atoms with van der Waals surface area (Å²) >= 11 is 0.